The zero-order valence-corrected chi connectivity index (χ0v) is 18.8. The van der Waals surface area contributed by atoms with E-state index in [1.54, 1.807) is 5.57 Å². The van der Waals surface area contributed by atoms with Crippen LogP contribution in [0.15, 0.2) is 11.6 Å². The zero-order valence-electron chi connectivity index (χ0n) is 18.8. The van der Waals surface area contributed by atoms with Crippen molar-refractivity contribution in [3.05, 3.63) is 11.6 Å². The number of rotatable bonds is 2. The third-order valence-electron chi connectivity index (χ3n) is 9.36. The van der Waals surface area contributed by atoms with E-state index in [4.69, 9.17) is 9.84 Å². The van der Waals surface area contributed by atoms with Gasteiger partial charge in [-0.1, -0.05) is 39.3 Å². The minimum atomic E-state index is -0.955. The Kier molecular flexibility index (Phi) is 5.86. The molecule has 3 saturated carbocycles. The molecule has 4 heteroatoms. The molecule has 0 radical (unpaired) electrons. The molecule has 162 valence electrons. The first-order valence-electron chi connectivity index (χ1n) is 11.3. The lowest BCUT2D eigenvalue weighted by Gasteiger charge is -2.64. The van der Waals surface area contributed by atoms with Crippen LogP contribution >= 0.6 is 0 Å². The maximum Gasteiger partial charge on any atom is 0.165 e. The average Bonchev–Trinajstić information content (AvgIpc) is 2.94. The van der Waals surface area contributed by atoms with E-state index < -0.39 is 5.79 Å². The van der Waals surface area contributed by atoms with Crippen LogP contribution < -0.4 is 0 Å². The summed E-state index contributed by atoms with van der Waals surface area (Å²) in [6.07, 6.45) is 9.12. The number of aliphatic hydroxyl groups excluding tert-OH is 2. The third-order valence-corrected chi connectivity index (χ3v) is 9.36. The molecule has 0 aromatic carbocycles. The highest BCUT2D eigenvalue weighted by atomic mass is 16.6. The highest BCUT2D eigenvalue weighted by molar-refractivity contribution is 5.32. The molecule has 3 fully saturated rings. The minimum absolute atomic E-state index is 0.0628. The maximum absolute atomic E-state index is 11.0. The fraction of sp³-hybridized carbons (Fsp3) is 0.917. The first-order valence-corrected chi connectivity index (χ1v) is 11.3. The molecule has 8 atom stereocenters. The van der Waals surface area contributed by atoms with Crippen LogP contribution in [0.3, 0.4) is 0 Å². The number of hydrogen-bond donors (Lipinski definition) is 3. The molecule has 6 unspecified atom stereocenters. The van der Waals surface area contributed by atoms with Gasteiger partial charge < -0.3 is 20.1 Å². The first-order chi connectivity index (χ1) is 13.1. The molecule has 0 heterocycles. The fourth-order valence-electron chi connectivity index (χ4n) is 7.76. The Bertz CT molecular complexity index is 618. The summed E-state index contributed by atoms with van der Waals surface area (Å²) in [4.78, 5) is 0. The summed E-state index contributed by atoms with van der Waals surface area (Å²) >= 11 is 0. The molecular formula is C24H42O4. The van der Waals surface area contributed by atoms with Gasteiger partial charge in [-0.2, -0.15) is 0 Å². The molecule has 4 aliphatic carbocycles. The van der Waals surface area contributed by atoms with E-state index in [1.807, 2.05) is 6.92 Å². The van der Waals surface area contributed by atoms with Gasteiger partial charge in [0.2, 0.25) is 0 Å². The Morgan fingerprint density at radius 1 is 1.14 bits per heavy atom. The second-order valence-corrected chi connectivity index (χ2v) is 10.7. The lowest BCUT2D eigenvalue weighted by molar-refractivity contribution is -0.262. The van der Waals surface area contributed by atoms with Gasteiger partial charge in [-0.15, -0.1) is 0 Å². The average molecular weight is 395 g/mol. The molecule has 4 rings (SSSR count). The molecule has 0 aromatic rings. The van der Waals surface area contributed by atoms with E-state index in [2.05, 4.69) is 33.8 Å². The summed E-state index contributed by atoms with van der Waals surface area (Å²) in [5, 5.41) is 28.7. The Labute approximate surface area is 171 Å². The molecular weight excluding hydrogens is 352 g/mol. The van der Waals surface area contributed by atoms with Gasteiger partial charge in [-0.3, -0.25) is 0 Å². The van der Waals surface area contributed by atoms with E-state index in [0.717, 1.165) is 45.6 Å². The second kappa shape index (κ2) is 7.37. The van der Waals surface area contributed by atoms with Gasteiger partial charge in [0.15, 0.2) is 5.79 Å². The van der Waals surface area contributed by atoms with E-state index in [1.165, 1.54) is 6.42 Å². The normalized spacial score (nSPS) is 52.5. The topological polar surface area (TPSA) is 69.9 Å². The summed E-state index contributed by atoms with van der Waals surface area (Å²) in [7, 11) is 1.00. The molecule has 0 aromatic heterocycles. The van der Waals surface area contributed by atoms with Gasteiger partial charge >= 0.3 is 0 Å². The Hall–Kier alpha value is -0.420. The van der Waals surface area contributed by atoms with E-state index in [9.17, 15) is 10.2 Å². The molecule has 4 aliphatic rings. The lowest BCUT2D eigenvalue weighted by Crippen LogP contribution is -2.59. The monoisotopic (exact) mass is 394 g/mol. The smallest absolute Gasteiger partial charge is 0.165 e. The zero-order chi connectivity index (χ0) is 21.0. The fourth-order valence-corrected chi connectivity index (χ4v) is 7.76. The predicted octanol–water partition coefficient (Wildman–Crippen LogP) is 4.28. The minimum Gasteiger partial charge on any atom is -0.400 e. The predicted molar refractivity (Wildman–Crippen MR) is 112 cm³/mol. The van der Waals surface area contributed by atoms with E-state index >= 15 is 0 Å². The van der Waals surface area contributed by atoms with Crippen LogP contribution in [0.4, 0.5) is 0 Å². The summed E-state index contributed by atoms with van der Waals surface area (Å²) in [5.74, 6) is 0.852. The molecule has 0 spiro atoms. The Balaban J connectivity index is 0.00000109. The van der Waals surface area contributed by atoms with Gasteiger partial charge in [0.1, 0.15) is 0 Å². The highest BCUT2D eigenvalue weighted by Crippen LogP contribution is 2.70. The quantitative estimate of drug-likeness (QED) is 0.483. The maximum atomic E-state index is 11.0. The van der Waals surface area contributed by atoms with Gasteiger partial charge in [0.05, 0.1) is 6.10 Å². The Morgan fingerprint density at radius 2 is 1.82 bits per heavy atom. The van der Waals surface area contributed by atoms with Crippen molar-refractivity contribution in [2.75, 3.05) is 13.7 Å². The molecule has 3 N–H and O–H groups in total. The SMILES string of the molecule is CCOC1(O)CCC2(C)C3=CC[C@]4(C)C(O)CCC4C3[C@H](C)CC2(C)C1.CO. The van der Waals surface area contributed by atoms with Crippen molar-refractivity contribution < 1.29 is 20.1 Å². The van der Waals surface area contributed by atoms with Crippen molar-refractivity contribution in [2.24, 2.45) is 34.0 Å². The molecule has 0 saturated heterocycles. The van der Waals surface area contributed by atoms with Crippen molar-refractivity contribution in [1.29, 1.82) is 0 Å². The van der Waals surface area contributed by atoms with E-state index in [0.29, 0.717) is 24.4 Å². The summed E-state index contributed by atoms with van der Waals surface area (Å²) < 4.78 is 5.80. The number of fused-ring (bicyclic) bond motifs is 5. The summed E-state index contributed by atoms with van der Waals surface area (Å²) in [6.45, 7) is 12.1. The van der Waals surface area contributed by atoms with Gasteiger partial charge in [0, 0.05) is 32.0 Å². The van der Waals surface area contributed by atoms with Crippen LogP contribution in [0.1, 0.15) is 79.6 Å². The standard InChI is InChI=1S/C23H38O3.CH4O/c1-6-26-23(25)12-11-22(5)17-9-10-21(4)16(7-8-18(21)24)19(17)15(2)13-20(22,3)14-23;1-2/h9,15-16,18-19,24-25H,6-8,10-14H2,1-5H3;2H,1H3/t15-,16?,18?,19?,20?,21+,22?,23?;/m1./s1. The number of aliphatic hydroxyl groups is 3. The van der Waals surface area contributed by atoms with E-state index in [-0.39, 0.29) is 22.3 Å². The number of ether oxygens (including phenoxy) is 1. The molecule has 28 heavy (non-hydrogen) atoms. The van der Waals surface area contributed by atoms with Crippen molar-refractivity contribution in [3.63, 3.8) is 0 Å². The van der Waals surface area contributed by atoms with Gasteiger partial charge in [-0.25, -0.2) is 0 Å². The van der Waals surface area contributed by atoms with Crippen LogP contribution in [0.5, 0.6) is 0 Å². The molecule has 0 amide bonds. The van der Waals surface area contributed by atoms with Gasteiger partial charge in [0.25, 0.3) is 0 Å². The van der Waals surface area contributed by atoms with Crippen molar-refractivity contribution >= 4 is 0 Å². The van der Waals surface area contributed by atoms with Crippen LogP contribution in [0.2, 0.25) is 0 Å². The van der Waals surface area contributed by atoms with Crippen molar-refractivity contribution in [1.82, 2.24) is 0 Å². The van der Waals surface area contributed by atoms with Crippen molar-refractivity contribution in [2.45, 2.75) is 91.5 Å². The Morgan fingerprint density at radius 3 is 2.46 bits per heavy atom. The number of hydrogen-bond acceptors (Lipinski definition) is 4. The number of allylic oxidation sites excluding steroid dienone is 2. The second-order valence-electron chi connectivity index (χ2n) is 10.7. The van der Waals surface area contributed by atoms with Crippen LogP contribution in [-0.4, -0.2) is 40.9 Å². The molecule has 0 aliphatic heterocycles. The largest absolute Gasteiger partial charge is 0.400 e. The highest BCUT2D eigenvalue weighted by Gasteiger charge is 2.64. The molecule has 0 bridgehead atoms. The van der Waals surface area contributed by atoms with Crippen molar-refractivity contribution in [3.8, 4) is 0 Å². The van der Waals surface area contributed by atoms with Crippen LogP contribution in [0, 0.1) is 34.0 Å². The first kappa shape index (κ1) is 22.3. The van der Waals surface area contributed by atoms with Crippen LogP contribution in [-0.2, 0) is 4.74 Å². The van der Waals surface area contributed by atoms with Crippen LogP contribution in [0.25, 0.3) is 0 Å². The lowest BCUT2D eigenvalue weighted by atomic mass is 9.41. The third kappa shape index (κ3) is 3.02. The van der Waals surface area contributed by atoms with Gasteiger partial charge in [-0.05, 0) is 67.6 Å². The summed E-state index contributed by atoms with van der Waals surface area (Å²) in [6, 6.07) is 0. The molecule has 4 nitrogen and oxygen atoms in total. The summed E-state index contributed by atoms with van der Waals surface area (Å²) in [5.41, 5.74) is 1.92.